The van der Waals surface area contributed by atoms with E-state index in [1.807, 2.05) is 0 Å². The van der Waals surface area contributed by atoms with Crippen molar-refractivity contribution in [3.05, 3.63) is 12.2 Å². The molecular weight excluding hydrogens is 164 g/mol. The van der Waals surface area contributed by atoms with Crippen molar-refractivity contribution in [1.82, 2.24) is 0 Å². The van der Waals surface area contributed by atoms with E-state index in [1.165, 1.54) is 6.92 Å². The lowest BCUT2D eigenvalue weighted by Crippen LogP contribution is -1.92. The molecule has 0 radical (unpaired) electrons. The van der Waals surface area contributed by atoms with Crippen LogP contribution in [0.2, 0.25) is 0 Å². The van der Waals surface area contributed by atoms with Crippen LogP contribution in [0.25, 0.3) is 0 Å². The Balaban J connectivity index is -0.000000115. The number of aliphatic carboxylic acids is 1. The molecule has 0 aromatic rings. The van der Waals surface area contributed by atoms with Crippen LogP contribution in [-0.4, -0.2) is 23.2 Å². The number of carboxylic acid groups (broad SMARTS) is 1. The molecule has 0 bridgehead atoms. The van der Waals surface area contributed by atoms with Crippen molar-refractivity contribution in [2.45, 2.75) is 6.92 Å². The number of hydrogen-bond acceptors (Lipinski definition) is 5. The number of carbonyl (C=O) groups excluding carboxylic acids is 2. The second kappa shape index (κ2) is 16.0. The second-order valence-corrected chi connectivity index (χ2v) is 1.29. The Morgan fingerprint density at radius 1 is 1.33 bits per heavy atom. The minimum atomic E-state index is -0.935. The molecule has 0 saturated heterocycles. The van der Waals surface area contributed by atoms with Crippen molar-refractivity contribution >= 4 is 18.1 Å². The molecule has 0 aromatic carbocycles. The molecule has 66 valence electrons. The maximum absolute atomic E-state index is 9.60. The fourth-order valence-electron chi connectivity index (χ4n) is 0. The van der Waals surface area contributed by atoms with Crippen LogP contribution in [0, 0.1) is 10.8 Å². The standard InChI is InChI=1S/C4H6O2.2CHNO/c1-3(2)4(5)6;2*2-1-3/h1H2,2H3,(H,5,6);2*2H. The third-order valence-electron chi connectivity index (χ3n) is 0.365. The lowest BCUT2D eigenvalue weighted by molar-refractivity contribution is -0.132. The van der Waals surface area contributed by atoms with Gasteiger partial charge < -0.3 is 5.11 Å². The van der Waals surface area contributed by atoms with E-state index in [4.69, 9.17) is 25.5 Å². The lowest BCUT2D eigenvalue weighted by atomic mass is 10.4. The van der Waals surface area contributed by atoms with E-state index in [2.05, 4.69) is 6.58 Å². The molecule has 0 rings (SSSR count). The first kappa shape index (κ1) is 16.5. The van der Waals surface area contributed by atoms with Crippen molar-refractivity contribution in [2.75, 3.05) is 0 Å². The molecule has 0 aliphatic heterocycles. The van der Waals surface area contributed by atoms with Gasteiger partial charge in [0.15, 0.2) is 0 Å². The minimum absolute atomic E-state index is 0.176. The van der Waals surface area contributed by atoms with Crippen LogP contribution in [0.1, 0.15) is 6.92 Å². The molecule has 0 spiro atoms. The SMILES string of the molecule is C=C(C)C(=O)O.N=C=O.N=C=O. The molecule has 6 heteroatoms. The highest BCUT2D eigenvalue weighted by molar-refractivity contribution is 5.84. The first-order valence-electron chi connectivity index (χ1n) is 2.44. The number of nitrogens with one attached hydrogen (secondary N) is 2. The van der Waals surface area contributed by atoms with E-state index in [0.29, 0.717) is 0 Å². The molecule has 0 aromatic heterocycles. The molecule has 0 amide bonds. The van der Waals surface area contributed by atoms with Gasteiger partial charge in [0.1, 0.15) is 0 Å². The van der Waals surface area contributed by atoms with Gasteiger partial charge in [-0.1, -0.05) is 6.58 Å². The smallest absolute Gasteiger partial charge is 0.330 e. The van der Waals surface area contributed by atoms with E-state index in [9.17, 15) is 4.79 Å². The second-order valence-electron chi connectivity index (χ2n) is 1.29. The predicted molar refractivity (Wildman–Crippen MR) is 39.3 cm³/mol. The predicted octanol–water partition coefficient (Wildman–Crippen LogP) is 0.449. The van der Waals surface area contributed by atoms with E-state index in [0.717, 1.165) is 12.2 Å². The summed E-state index contributed by atoms with van der Waals surface area (Å²) >= 11 is 0. The molecule has 0 unspecified atom stereocenters. The van der Waals surface area contributed by atoms with Crippen LogP contribution in [-0.2, 0) is 14.4 Å². The average molecular weight is 172 g/mol. The third kappa shape index (κ3) is 99.8. The van der Waals surface area contributed by atoms with Gasteiger partial charge in [-0.25, -0.2) is 25.2 Å². The van der Waals surface area contributed by atoms with Crippen LogP contribution in [0.5, 0.6) is 0 Å². The normalized spacial score (nSPS) is 5.08. The first-order valence-corrected chi connectivity index (χ1v) is 2.44. The molecule has 0 aliphatic rings. The summed E-state index contributed by atoms with van der Waals surface area (Å²) in [5, 5.41) is 18.7. The average Bonchev–Trinajstić information content (AvgIpc) is 1.90. The highest BCUT2D eigenvalue weighted by Crippen LogP contribution is 1.81. The van der Waals surface area contributed by atoms with E-state index in [-0.39, 0.29) is 5.57 Å². The molecule has 0 heterocycles. The largest absolute Gasteiger partial charge is 0.478 e. The van der Waals surface area contributed by atoms with Crippen molar-refractivity contribution in [1.29, 1.82) is 10.8 Å². The van der Waals surface area contributed by atoms with Crippen LogP contribution >= 0.6 is 0 Å². The van der Waals surface area contributed by atoms with Crippen LogP contribution < -0.4 is 0 Å². The summed E-state index contributed by atoms with van der Waals surface area (Å²) in [5.74, 6) is -0.935. The van der Waals surface area contributed by atoms with Crippen molar-refractivity contribution in [2.24, 2.45) is 0 Å². The Hall–Kier alpha value is -2.03. The summed E-state index contributed by atoms with van der Waals surface area (Å²) in [6.07, 6.45) is 1.50. The zero-order valence-corrected chi connectivity index (χ0v) is 6.38. The number of carbonyl (C=O) groups is 1. The van der Waals surface area contributed by atoms with Gasteiger partial charge in [0.2, 0.25) is 12.2 Å². The first-order chi connectivity index (χ1) is 5.47. The summed E-state index contributed by atoms with van der Waals surface area (Å²) < 4.78 is 0. The molecular formula is C6H8N2O4. The maximum atomic E-state index is 9.60. The van der Waals surface area contributed by atoms with Gasteiger partial charge >= 0.3 is 5.97 Å². The van der Waals surface area contributed by atoms with Gasteiger partial charge in [-0.3, -0.25) is 0 Å². The Morgan fingerprint density at radius 2 is 1.42 bits per heavy atom. The molecule has 0 fully saturated rings. The summed E-state index contributed by atoms with van der Waals surface area (Å²) in [7, 11) is 0. The van der Waals surface area contributed by atoms with Gasteiger partial charge in [0, 0.05) is 5.57 Å². The minimum Gasteiger partial charge on any atom is -0.478 e. The van der Waals surface area contributed by atoms with Crippen LogP contribution in [0.15, 0.2) is 12.2 Å². The fourth-order valence-corrected chi connectivity index (χ4v) is 0. The van der Waals surface area contributed by atoms with Crippen LogP contribution in [0.4, 0.5) is 0 Å². The van der Waals surface area contributed by atoms with Gasteiger partial charge in [0.25, 0.3) is 0 Å². The lowest BCUT2D eigenvalue weighted by Gasteiger charge is -1.79. The van der Waals surface area contributed by atoms with Gasteiger partial charge in [0.05, 0.1) is 0 Å². The molecule has 3 N–H and O–H groups in total. The Kier molecular flexibility index (Phi) is 22.0. The summed E-state index contributed by atoms with van der Waals surface area (Å²) in [6.45, 7) is 4.60. The van der Waals surface area contributed by atoms with Crippen molar-refractivity contribution in [3.63, 3.8) is 0 Å². The number of carboxylic acids is 1. The Bertz CT molecular complexity index is 186. The highest BCUT2D eigenvalue weighted by Gasteiger charge is 1.90. The zero-order valence-electron chi connectivity index (χ0n) is 6.38. The van der Waals surface area contributed by atoms with E-state index in [1.54, 1.807) is 0 Å². The monoisotopic (exact) mass is 172 g/mol. The quantitative estimate of drug-likeness (QED) is 0.302. The van der Waals surface area contributed by atoms with E-state index < -0.39 is 5.97 Å². The third-order valence-corrected chi connectivity index (χ3v) is 0.365. The molecule has 12 heavy (non-hydrogen) atoms. The molecule has 0 aliphatic carbocycles. The van der Waals surface area contributed by atoms with Gasteiger partial charge in [-0.2, -0.15) is 0 Å². The van der Waals surface area contributed by atoms with Gasteiger partial charge in [-0.05, 0) is 6.92 Å². The maximum Gasteiger partial charge on any atom is 0.330 e. The number of rotatable bonds is 1. The Morgan fingerprint density at radius 3 is 1.42 bits per heavy atom. The topological polar surface area (TPSA) is 119 Å². The van der Waals surface area contributed by atoms with Crippen LogP contribution in [0.3, 0.4) is 0 Å². The number of hydrogen-bond donors (Lipinski definition) is 3. The highest BCUT2D eigenvalue weighted by atomic mass is 16.4. The van der Waals surface area contributed by atoms with Gasteiger partial charge in [-0.15, -0.1) is 0 Å². The van der Waals surface area contributed by atoms with Crippen molar-refractivity contribution in [3.8, 4) is 0 Å². The molecule has 0 saturated carbocycles. The number of isocyanates is 2. The molecule has 6 nitrogen and oxygen atoms in total. The zero-order chi connectivity index (χ0) is 10.6. The fraction of sp³-hybridized carbons (Fsp3) is 0.167. The van der Waals surface area contributed by atoms with E-state index >= 15 is 0 Å². The Labute approximate surface area is 68.5 Å². The summed E-state index contributed by atoms with van der Waals surface area (Å²) in [5.41, 5.74) is 0.176. The summed E-state index contributed by atoms with van der Waals surface area (Å²) in [6, 6.07) is 0. The van der Waals surface area contributed by atoms with Crippen molar-refractivity contribution < 1.29 is 19.5 Å². The molecule has 0 atom stereocenters. The summed E-state index contributed by atoms with van der Waals surface area (Å²) in [4.78, 5) is 26.3.